The van der Waals surface area contributed by atoms with Gasteiger partial charge in [-0.1, -0.05) is 19.8 Å². The molecule has 0 aliphatic heterocycles. The SMILES string of the molecule is Cc1cc(NC2CCCCC2C)nn2c(-c3ccncc3)cnc12. The Morgan fingerprint density at radius 2 is 1.96 bits per heavy atom. The molecule has 0 amide bonds. The summed E-state index contributed by atoms with van der Waals surface area (Å²) in [6.45, 7) is 4.43. The van der Waals surface area contributed by atoms with Gasteiger partial charge in [-0.3, -0.25) is 4.98 Å². The summed E-state index contributed by atoms with van der Waals surface area (Å²) in [5.41, 5.74) is 4.11. The number of hydrogen-bond donors (Lipinski definition) is 1. The summed E-state index contributed by atoms with van der Waals surface area (Å²) in [6.07, 6.45) is 10.7. The number of pyridine rings is 1. The zero-order chi connectivity index (χ0) is 16.5. The van der Waals surface area contributed by atoms with E-state index in [1.807, 2.05) is 22.8 Å². The standard InChI is InChI=1S/C19H23N5/c1-13-5-3-4-6-16(13)22-18-11-14(2)19-21-12-17(24(19)23-18)15-7-9-20-10-8-15/h7-13,16H,3-6H2,1-2H3,(H,22,23). The topological polar surface area (TPSA) is 55.1 Å². The van der Waals surface area contributed by atoms with E-state index in [1.165, 1.54) is 25.7 Å². The van der Waals surface area contributed by atoms with E-state index < -0.39 is 0 Å². The molecule has 24 heavy (non-hydrogen) atoms. The summed E-state index contributed by atoms with van der Waals surface area (Å²) in [4.78, 5) is 8.64. The van der Waals surface area contributed by atoms with Crippen LogP contribution in [0.15, 0.2) is 36.8 Å². The zero-order valence-corrected chi connectivity index (χ0v) is 14.2. The van der Waals surface area contributed by atoms with Gasteiger partial charge in [0.25, 0.3) is 0 Å². The van der Waals surface area contributed by atoms with Crippen molar-refractivity contribution in [3.05, 3.63) is 42.4 Å². The van der Waals surface area contributed by atoms with Gasteiger partial charge in [0.15, 0.2) is 5.65 Å². The van der Waals surface area contributed by atoms with E-state index in [4.69, 9.17) is 5.10 Å². The molecule has 2 atom stereocenters. The Balaban J connectivity index is 1.72. The fourth-order valence-corrected chi connectivity index (χ4v) is 3.63. The molecule has 1 fully saturated rings. The molecule has 4 rings (SSSR count). The smallest absolute Gasteiger partial charge is 0.157 e. The monoisotopic (exact) mass is 321 g/mol. The highest BCUT2D eigenvalue weighted by molar-refractivity contribution is 5.65. The van der Waals surface area contributed by atoms with Crippen molar-refractivity contribution in [2.45, 2.75) is 45.6 Å². The molecule has 2 unspecified atom stereocenters. The van der Waals surface area contributed by atoms with E-state index in [-0.39, 0.29) is 0 Å². The molecule has 0 spiro atoms. The molecule has 0 aromatic carbocycles. The van der Waals surface area contributed by atoms with Crippen molar-refractivity contribution in [2.24, 2.45) is 5.92 Å². The third-order valence-electron chi connectivity index (χ3n) is 5.07. The molecule has 5 nitrogen and oxygen atoms in total. The maximum Gasteiger partial charge on any atom is 0.157 e. The lowest BCUT2D eigenvalue weighted by atomic mass is 9.86. The van der Waals surface area contributed by atoms with Crippen LogP contribution in [0.4, 0.5) is 5.82 Å². The van der Waals surface area contributed by atoms with Crippen LogP contribution in [0, 0.1) is 12.8 Å². The van der Waals surface area contributed by atoms with Gasteiger partial charge < -0.3 is 5.32 Å². The lowest BCUT2D eigenvalue weighted by Gasteiger charge is -2.30. The van der Waals surface area contributed by atoms with E-state index in [0.717, 1.165) is 28.3 Å². The van der Waals surface area contributed by atoms with Crippen LogP contribution in [0.3, 0.4) is 0 Å². The number of anilines is 1. The minimum absolute atomic E-state index is 0.510. The van der Waals surface area contributed by atoms with Crippen molar-refractivity contribution >= 4 is 11.5 Å². The molecule has 1 N–H and O–H groups in total. The van der Waals surface area contributed by atoms with Crippen LogP contribution in [0.5, 0.6) is 0 Å². The van der Waals surface area contributed by atoms with E-state index >= 15 is 0 Å². The molecule has 0 radical (unpaired) electrons. The minimum Gasteiger partial charge on any atom is -0.366 e. The molecular weight excluding hydrogens is 298 g/mol. The number of hydrogen-bond acceptors (Lipinski definition) is 4. The second-order valence-corrected chi connectivity index (χ2v) is 6.84. The van der Waals surface area contributed by atoms with E-state index in [2.05, 4.69) is 35.2 Å². The summed E-state index contributed by atoms with van der Waals surface area (Å²) in [7, 11) is 0. The normalized spacial score (nSPS) is 21.1. The maximum absolute atomic E-state index is 4.82. The first-order chi connectivity index (χ1) is 11.7. The number of nitrogens with one attached hydrogen (secondary N) is 1. The summed E-state index contributed by atoms with van der Waals surface area (Å²) < 4.78 is 1.94. The Morgan fingerprint density at radius 3 is 2.75 bits per heavy atom. The van der Waals surface area contributed by atoms with Crippen molar-refractivity contribution in [1.29, 1.82) is 0 Å². The number of aryl methyl sites for hydroxylation is 1. The highest BCUT2D eigenvalue weighted by Gasteiger charge is 2.22. The average molecular weight is 321 g/mol. The van der Waals surface area contributed by atoms with Crippen molar-refractivity contribution in [3.63, 3.8) is 0 Å². The quantitative estimate of drug-likeness (QED) is 0.789. The summed E-state index contributed by atoms with van der Waals surface area (Å²) in [6, 6.07) is 6.60. The second kappa shape index (κ2) is 6.23. The summed E-state index contributed by atoms with van der Waals surface area (Å²) in [5.74, 6) is 1.63. The molecule has 3 aromatic heterocycles. The molecule has 3 aromatic rings. The first-order valence-corrected chi connectivity index (χ1v) is 8.74. The van der Waals surface area contributed by atoms with Gasteiger partial charge >= 0.3 is 0 Å². The van der Waals surface area contributed by atoms with Crippen molar-refractivity contribution in [3.8, 4) is 11.3 Å². The Kier molecular flexibility index (Phi) is 3.92. The largest absolute Gasteiger partial charge is 0.366 e. The summed E-state index contributed by atoms with van der Waals surface area (Å²) >= 11 is 0. The van der Waals surface area contributed by atoms with Crippen LogP contribution in [-0.2, 0) is 0 Å². The lowest BCUT2D eigenvalue weighted by Crippen LogP contribution is -2.30. The number of nitrogens with zero attached hydrogens (tertiary/aromatic N) is 4. The van der Waals surface area contributed by atoms with Crippen molar-refractivity contribution in [2.75, 3.05) is 5.32 Å². The van der Waals surface area contributed by atoms with Crippen molar-refractivity contribution in [1.82, 2.24) is 19.6 Å². The predicted octanol–water partition coefficient (Wildman–Crippen LogP) is 4.09. The molecule has 0 saturated heterocycles. The van der Waals surface area contributed by atoms with Crippen LogP contribution in [0.1, 0.15) is 38.2 Å². The van der Waals surface area contributed by atoms with Gasteiger partial charge in [-0.05, 0) is 49.4 Å². The minimum atomic E-state index is 0.510. The van der Waals surface area contributed by atoms with Crippen LogP contribution in [0.2, 0.25) is 0 Å². The van der Waals surface area contributed by atoms with Gasteiger partial charge in [0, 0.05) is 24.0 Å². The predicted molar refractivity (Wildman–Crippen MR) is 96.0 cm³/mol. The Labute approximate surface area is 142 Å². The molecule has 5 heteroatoms. The van der Waals surface area contributed by atoms with E-state index in [0.29, 0.717) is 12.0 Å². The average Bonchev–Trinajstić information content (AvgIpc) is 3.02. The zero-order valence-electron chi connectivity index (χ0n) is 14.2. The molecule has 1 saturated carbocycles. The van der Waals surface area contributed by atoms with E-state index in [1.54, 1.807) is 12.4 Å². The lowest BCUT2D eigenvalue weighted by molar-refractivity contribution is 0.348. The van der Waals surface area contributed by atoms with Gasteiger partial charge in [-0.2, -0.15) is 0 Å². The van der Waals surface area contributed by atoms with Gasteiger partial charge in [0.05, 0.1) is 11.9 Å². The second-order valence-electron chi connectivity index (χ2n) is 6.84. The summed E-state index contributed by atoms with van der Waals surface area (Å²) in [5, 5.41) is 8.48. The molecular formula is C19H23N5. The molecule has 3 heterocycles. The molecule has 124 valence electrons. The van der Waals surface area contributed by atoms with Crippen LogP contribution in [-0.4, -0.2) is 25.6 Å². The first-order valence-electron chi connectivity index (χ1n) is 8.74. The molecule has 0 bridgehead atoms. The Hall–Kier alpha value is -2.43. The van der Waals surface area contributed by atoms with E-state index in [9.17, 15) is 0 Å². The van der Waals surface area contributed by atoms with Crippen LogP contribution in [0.25, 0.3) is 16.9 Å². The number of aromatic nitrogens is 4. The van der Waals surface area contributed by atoms with Gasteiger partial charge in [0.2, 0.25) is 0 Å². The molecule has 1 aliphatic carbocycles. The first kappa shape index (κ1) is 15.1. The number of fused-ring (bicyclic) bond motifs is 1. The van der Waals surface area contributed by atoms with Gasteiger partial charge in [-0.25, -0.2) is 9.50 Å². The third-order valence-corrected chi connectivity index (χ3v) is 5.07. The Morgan fingerprint density at radius 1 is 1.17 bits per heavy atom. The third kappa shape index (κ3) is 2.75. The fourth-order valence-electron chi connectivity index (χ4n) is 3.63. The van der Waals surface area contributed by atoms with Gasteiger partial charge in [-0.15, -0.1) is 5.10 Å². The van der Waals surface area contributed by atoms with Crippen molar-refractivity contribution < 1.29 is 0 Å². The number of imidazole rings is 1. The molecule has 1 aliphatic rings. The highest BCUT2D eigenvalue weighted by Crippen LogP contribution is 2.27. The van der Waals surface area contributed by atoms with Crippen LogP contribution >= 0.6 is 0 Å². The fraction of sp³-hybridized carbons (Fsp3) is 0.421. The highest BCUT2D eigenvalue weighted by atomic mass is 15.3. The number of rotatable bonds is 3. The Bertz CT molecular complexity index is 840. The maximum atomic E-state index is 4.82. The van der Waals surface area contributed by atoms with Crippen LogP contribution < -0.4 is 5.32 Å². The van der Waals surface area contributed by atoms with Gasteiger partial charge in [0.1, 0.15) is 5.82 Å².